The number of nitrogens with zero attached hydrogens (tertiary/aromatic N) is 5. The molecule has 3 rings (SSSR count). The van der Waals surface area contributed by atoms with Gasteiger partial charge in [0.1, 0.15) is 0 Å². The highest BCUT2D eigenvalue weighted by Crippen LogP contribution is 2.30. The molecule has 0 N–H and O–H groups in total. The van der Waals surface area contributed by atoms with Crippen LogP contribution in [0.5, 0.6) is 0 Å². The van der Waals surface area contributed by atoms with Crippen LogP contribution in [0.1, 0.15) is 36.3 Å². The summed E-state index contributed by atoms with van der Waals surface area (Å²) >= 11 is 2.03. The van der Waals surface area contributed by atoms with Crippen LogP contribution < -0.4 is 0 Å². The summed E-state index contributed by atoms with van der Waals surface area (Å²) in [5.74, 6) is 3.29. The Kier molecular flexibility index (Phi) is 5.10. The molecule has 1 aromatic heterocycles. The Morgan fingerprint density at radius 3 is 2.86 bits per heavy atom. The van der Waals surface area contributed by atoms with Crippen molar-refractivity contribution in [2.75, 3.05) is 18.1 Å². The van der Waals surface area contributed by atoms with Gasteiger partial charge in [-0.25, -0.2) is 4.68 Å². The molecule has 22 heavy (non-hydrogen) atoms. The third-order valence-corrected chi connectivity index (χ3v) is 5.11. The van der Waals surface area contributed by atoms with E-state index in [0.717, 1.165) is 37.6 Å². The number of thioether (sulfide) groups is 1. The van der Waals surface area contributed by atoms with Gasteiger partial charge < -0.3 is 0 Å². The minimum atomic E-state index is 0.450. The van der Waals surface area contributed by atoms with E-state index in [-0.39, 0.29) is 0 Å². The number of hydrogen-bond donors (Lipinski definition) is 0. The van der Waals surface area contributed by atoms with E-state index >= 15 is 0 Å². The van der Waals surface area contributed by atoms with E-state index < -0.39 is 0 Å². The molecule has 1 unspecified atom stereocenters. The maximum absolute atomic E-state index is 4.22. The average Bonchev–Trinajstić information content (AvgIpc) is 2.96. The fraction of sp³-hybridized carbons (Fsp3) is 0.562. The van der Waals surface area contributed by atoms with Crippen LogP contribution in [0.15, 0.2) is 24.3 Å². The lowest BCUT2D eigenvalue weighted by atomic mass is 10.0. The Morgan fingerprint density at radius 1 is 1.27 bits per heavy atom. The van der Waals surface area contributed by atoms with Gasteiger partial charge in [-0.1, -0.05) is 36.8 Å². The first-order valence-electron chi connectivity index (χ1n) is 7.91. The van der Waals surface area contributed by atoms with Crippen LogP contribution in [0, 0.1) is 6.92 Å². The summed E-state index contributed by atoms with van der Waals surface area (Å²) in [5, 5.41) is 12.2. The SMILES string of the molecule is CCCn1nnnc1CN1CCSCC1c1ccc(C)cc1. The molecule has 1 fully saturated rings. The first-order chi connectivity index (χ1) is 10.8. The van der Waals surface area contributed by atoms with Gasteiger partial charge in [0.05, 0.1) is 6.54 Å². The predicted molar refractivity (Wildman–Crippen MR) is 89.8 cm³/mol. The smallest absolute Gasteiger partial charge is 0.165 e. The molecule has 1 aliphatic rings. The second-order valence-corrected chi connectivity index (χ2v) is 6.94. The van der Waals surface area contributed by atoms with Crippen LogP contribution in [0.4, 0.5) is 0 Å². The van der Waals surface area contributed by atoms with E-state index in [2.05, 4.69) is 58.5 Å². The number of benzene rings is 1. The van der Waals surface area contributed by atoms with Crippen molar-refractivity contribution < 1.29 is 0 Å². The summed E-state index contributed by atoms with van der Waals surface area (Å²) in [6.45, 7) is 7.09. The van der Waals surface area contributed by atoms with Gasteiger partial charge in [0.2, 0.25) is 0 Å². The number of aromatic nitrogens is 4. The molecule has 0 spiro atoms. The van der Waals surface area contributed by atoms with Crippen molar-refractivity contribution >= 4 is 11.8 Å². The van der Waals surface area contributed by atoms with Crippen LogP contribution in [0.2, 0.25) is 0 Å². The van der Waals surface area contributed by atoms with Gasteiger partial charge in [-0.3, -0.25) is 4.90 Å². The van der Waals surface area contributed by atoms with Crippen LogP contribution in [0.25, 0.3) is 0 Å². The highest BCUT2D eigenvalue weighted by Gasteiger charge is 2.25. The zero-order chi connectivity index (χ0) is 15.4. The normalized spacial score (nSPS) is 19.5. The molecule has 0 radical (unpaired) electrons. The molecule has 0 bridgehead atoms. The third-order valence-electron chi connectivity index (χ3n) is 4.09. The molecule has 0 saturated carbocycles. The number of tetrazole rings is 1. The zero-order valence-electron chi connectivity index (χ0n) is 13.3. The van der Waals surface area contributed by atoms with Crippen molar-refractivity contribution in [3.8, 4) is 0 Å². The largest absolute Gasteiger partial charge is 0.287 e. The van der Waals surface area contributed by atoms with Crippen molar-refractivity contribution in [2.24, 2.45) is 0 Å². The minimum absolute atomic E-state index is 0.450. The van der Waals surface area contributed by atoms with E-state index in [0.29, 0.717) is 6.04 Å². The van der Waals surface area contributed by atoms with Crippen LogP contribution in [-0.2, 0) is 13.1 Å². The molecule has 2 heterocycles. The molecule has 2 aromatic rings. The van der Waals surface area contributed by atoms with Crippen molar-refractivity contribution in [1.29, 1.82) is 0 Å². The monoisotopic (exact) mass is 317 g/mol. The molecule has 6 heteroatoms. The topological polar surface area (TPSA) is 46.8 Å². The summed E-state index contributed by atoms with van der Waals surface area (Å²) in [7, 11) is 0. The third kappa shape index (κ3) is 3.50. The van der Waals surface area contributed by atoms with Gasteiger partial charge >= 0.3 is 0 Å². The van der Waals surface area contributed by atoms with Gasteiger partial charge in [0, 0.05) is 30.6 Å². The van der Waals surface area contributed by atoms with E-state index in [1.165, 1.54) is 16.9 Å². The number of rotatable bonds is 5. The highest BCUT2D eigenvalue weighted by atomic mass is 32.2. The standard InChI is InChI=1S/C16H23N5S/c1-3-8-21-16(17-18-19-21)11-20-9-10-22-12-15(20)14-6-4-13(2)5-7-14/h4-7,15H,3,8-12H2,1-2H3. The Bertz CT molecular complexity index is 595. The lowest BCUT2D eigenvalue weighted by molar-refractivity contribution is 0.202. The zero-order valence-corrected chi connectivity index (χ0v) is 14.1. The minimum Gasteiger partial charge on any atom is -0.287 e. The Hall–Kier alpha value is -1.40. The van der Waals surface area contributed by atoms with E-state index in [1.807, 2.05) is 16.4 Å². The van der Waals surface area contributed by atoms with Gasteiger partial charge in [0.25, 0.3) is 0 Å². The molecule has 1 aliphatic heterocycles. The quantitative estimate of drug-likeness (QED) is 0.848. The molecule has 118 valence electrons. The molecule has 1 aromatic carbocycles. The van der Waals surface area contributed by atoms with Crippen molar-refractivity contribution in [3.63, 3.8) is 0 Å². The number of hydrogen-bond acceptors (Lipinski definition) is 5. The molecule has 0 amide bonds. The van der Waals surface area contributed by atoms with E-state index in [4.69, 9.17) is 0 Å². The van der Waals surface area contributed by atoms with E-state index in [1.54, 1.807) is 0 Å². The summed E-state index contributed by atoms with van der Waals surface area (Å²) in [5.41, 5.74) is 2.71. The first-order valence-corrected chi connectivity index (χ1v) is 9.07. The van der Waals surface area contributed by atoms with Gasteiger partial charge in [-0.15, -0.1) is 5.10 Å². The van der Waals surface area contributed by atoms with E-state index in [9.17, 15) is 0 Å². The summed E-state index contributed by atoms with van der Waals surface area (Å²) in [6.07, 6.45) is 1.05. The second kappa shape index (κ2) is 7.24. The van der Waals surface area contributed by atoms with Crippen molar-refractivity contribution in [3.05, 3.63) is 41.2 Å². The Labute approximate surface area is 136 Å². The van der Waals surface area contributed by atoms with Crippen LogP contribution in [-0.4, -0.2) is 43.2 Å². The second-order valence-electron chi connectivity index (χ2n) is 5.79. The molecular weight excluding hydrogens is 294 g/mol. The fourth-order valence-electron chi connectivity index (χ4n) is 2.83. The number of aryl methyl sites for hydroxylation is 2. The van der Waals surface area contributed by atoms with Gasteiger partial charge in [-0.2, -0.15) is 11.8 Å². The van der Waals surface area contributed by atoms with Gasteiger partial charge in [0.15, 0.2) is 5.82 Å². The van der Waals surface area contributed by atoms with Crippen LogP contribution >= 0.6 is 11.8 Å². The lowest BCUT2D eigenvalue weighted by Gasteiger charge is -2.35. The van der Waals surface area contributed by atoms with Crippen molar-refractivity contribution in [1.82, 2.24) is 25.1 Å². The maximum Gasteiger partial charge on any atom is 0.165 e. The predicted octanol–water partition coefficient (Wildman–Crippen LogP) is 2.68. The lowest BCUT2D eigenvalue weighted by Crippen LogP contribution is -2.36. The van der Waals surface area contributed by atoms with Crippen LogP contribution in [0.3, 0.4) is 0 Å². The molecule has 0 aliphatic carbocycles. The first kappa shape index (κ1) is 15.5. The molecule has 5 nitrogen and oxygen atoms in total. The highest BCUT2D eigenvalue weighted by molar-refractivity contribution is 7.99. The Balaban J connectivity index is 1.77. The summed E-state index contributed by atoms with van der Waals surface area (Å²) < 4.78 is 1.94. The summed E-state index contributed by atoms with van der Waals surface area (Å²) in [6, 6.07) is 9.37. The maximum atomic E-state index is 4.22. The Morgan fingerprint density at radius 2 is 2.09 bits per heavy atom. The molecule has 1 atom stereocenters. The fourth-order valence-corrected chi connectivity index (χ4v) is 3.98. The summed E-state index contributed by atoms with van der Waals surface area (Å²) in [4.78, 5) is 2.51. The molecular formula is C16H23N5S. The average molecular weight is 317 g/mol. The molecule has 1 saturated heterocycles. The van der Waals surface area contributed by atoms with Crippen molar-refractivity contribution in [2.45, 2.75) is 39.4 Å². The van der Waals surface area contributed by atoms with Gasteiger partial charge in [-0.05, 0) is 29.3 Å².